The minimum absolute atomic E-state index is 0.107. The van der Waals surface area contributed by atoms with E-state index in [9.17, 15) is 14.7 Å². The van der Waals surface area contributed by atoms with Crippen LogP contribution in [-0.2, 0) is 34.8 Å². The molecule has 0 spiro atoms. The van der Waals surface area contributed by atoms with Crippen LogP contribution in [0.4, 0.5) is 0 Å². The number of nitrogens with zero attached hydrogens (tertiary/aromatic N) is 3. The number of pyridine rings is 2. The van der Waals surface area contributed by atoms with Gasteiger partial charge in [-0.1, -0.05) is 13.8 Å². The van der Waals surface area contributed by atoms with Gasteiger partial charge in [0.2, 0.25) is 6.79 Å². The van der Waals surface area contributed by atoms with Gasteiger partial charge in [-0.05, 0) is 37.7 Å². The Morgan fingerprint density at radius 2 is 1.88 bits per heavy atom. The number of cyclic esters (lactones) is 1. The topological polar surface area (TPSA) is 103 Å². The molecular weight excluding hydrogens is 438 g/mol. The first-order chi connectivity index (χ1) is 16.4. The molecule has 0 radical (unpaired) electrons. The molecule has 9 heteroatoms. The fourth-order valence-corrected chi connectivity index (χ4v) is 5.11. The Labute approximate surface area is 195 Å². The summed E-state index contributed by atoms with van der Waals surface area (Å²) in [4.78, 5) is 33.1. The molecule has 0 unspecified atom stereocenters. The number of esters is 1. The van der Waals surface area contributed by atoms with Crippen LogP contribution in [0.5, 0.6) is 11.5 Å². The highest BCUT2D eigenvalue weighted by molar-refractivity contribution is 5.91. The summed E-state index contributed by atoms with van der Waals surface area (Å²) in [6.07, 6.45) is 0.107. The molecular formula is C25H25N3O6. The molecule has 9 nitrogen and oxygen atoms in total. The molecule has 3 aliphatic rings. The number of rotatable bonds is 4. The van der Waals surface area contributed by atoms with Gasteiger partial charge in [-0.3, -0.25) is 4.79 Å². The van der Waals surface area contributed by atoms with Gasteiger partial charge in [0.1, 0.15) is 6.61 Å². The molecule has 1 atom stereocenters. The molecule has 6 rings (SSSR count). The first-order valence-electron chi connectivity index (χ1n) is 11.5. The van der Waals surface area contributed by atoms with E-state index in [0.29, 0.717) is 47.1 Å². The molecule has 3 aromatic rings. The third-order valence-electron chi connectivity index (χ3n) is 7.27. The van der Waals surface area contributed by atoms with Crippen LogP contribution in [0.2, 0.25) is 0 Å². The highest BCUT2D eigenvalue weighted by atomic mass is 16.7. The van der Waals surface area contributed by atoms with Crippen molar-refractivity contribution in [1.82, 2.24) is 14.5 Å². The van der Waals surface area contributed by atoms with E-state index in [1.165, 1.54) is 0 Å². The molecule has 0 amide bonds. The fraction of sp³-hybridized carbons (Fsp3) is 0.400. The second-order valence-electron chi connectivity index (χ2n) is 9.07. The van der Waals surface area contributed by atoms with Crippen LogP contribution in [0.25, 0.3) is 22.3 Å². The van der Waals surface area contributed by atoms with Crippen molar-refractivity contribution < 1.29 is 24.1 Å². The maximum Gasteiger partial charge on any atom is 0.343 e. The Hall–Kier alpha value is -3.43. The van der Waals surface area contributed by atoms with E-state index in [1.807, 2.05) is 19.2 Å². The van der Waals surface area contributed by atoms with Gasteiger partial charge in [0.25, 0.3) is 5.56 Å². The molecule has 0 saturated carbocycles. The molecule has 1 aromatic carbocycles. The van der Waals surface area contributed by atoms with Crippen LogP contribution in [0, 0.1) is 0 Å². The number of ether oxygens (including phenoxy) is 3. The van der Waals surface area contributed by atoms with E-state index in [1.54, 1.807) is 17.6 Å². The van der Waals surface area contributed by atoms with Crippen molar-refractivity contribution in [2.24, 2.45) is 0 Å². The fourth-order valence-electron chi connectivity index (χ4n) is 5.11. The summed E-state index contributed by atoms with van der Waals surface area (Å²) >= 11 is 0. The monoisotopic (exact) mass is 463 g/mol. The molecule has 176 valence electrons. The normalized spacial score (nSPS) is 19.9. The second kappa shape index (κ2) is 7.28. The van der Waals surface area contributed by atoms with Crippen molar-refractivity contribution >= 4 is 16.9 Å². The van der Waals surface area contributed by atoms with Crippen molar-refractivity contribution in [3.63, 3.8) is 0 Å². The molecule has 0 fully saturated rings. The third-order valence-corrected chi connectivity index (χ3v) is 7.27. The number of aliphatic hydroxyl groups is 1. The number of aromatic nitrogens is 2. The van der Waals surface area contributed by atoms with E-state index >= 15 is 0 Å². The summed E-state index contributed by atoms with van der Waals surface area (Å²) < 4.78 is 18.0. The molecule has 1 N–H and O–H groups in total. The number of benzene rings is 1. The van der Waals surface area contributed by atoms with Crippen LogP contribution in [-0.4, -0.2) is 45.9 Å². The number of hydrogen-bond donors (Lipinski definition) is 1. The zero-order valence-electron chi connectivity index (χ0n) is 19.3. The lowest BCUT2D eigenvalue weighted by Gasteiger charge is -2.31. The van der Waals surface area contributed by atoms with Gasteiger partial charge in [-0.2, -0.15) is 0 Å². The summed E-state index contributed by atoms with van der Waals surface area (Å²) in [6.45, 7) is 5.70. The Morgan fingerprint density at radius 1 is 1.12 bits per heavy atom. The SMILES string of the molecule is CCN(C)Cc1c2c(nc3cc4c(cc13)OCO4)-c1cc3c(c(=O)n1C2)COC(=O)[C@]3(O)CC. The smallest absolute Gasteiger partial charge is 0.343 e. The standard InChI is InChI=1S/C25H25N3O6/c1-4-25(31)17-7-19-22-15(10-28(19)23(29)16(17)11-32-24(25)30)14(9-27(3)5-2)13-6-20-21(34-12-33-20)8-18(13)26-22/h6-8,31H,4-5,9-12H2,1-3H3/t25-/m0/s1. The molecule has 0 bridgehead atoms. The van der Waals surface area contributed by atoms with E-state index < -0.39 is 11.6 Å². The molecule has 2 aromatic heterocycles. The number of fused-ring (bicyclic) bond motifs is 6. The first-order valence-corrected chi connectivity index (χ1v) is 11.5. The lowest BCUT2D eigenvalue weighted by Crippen LogP contribution is -2.44. The quantitative estimate of drug-likeness (QED) is 0.460. The lowest BCUT2D eigenvalue weighted by atomic mass is 9.86. The number of hydrogen-bond acceptors (Lipinski definition) is 8. The summed E-state index contributed by atoms with van der Waals surface area (Å²) in [7, 11) is 2.04. The van der Waals surface area contributed by atoms with Crippen LogP contribution in [0.3, 0.4) is 0 Å². The van der Waals surface area contributed by atoms with E-state index in [4.69, 9.17) is 19.2 Å². The van der Waals surface area contributed by atoms with Gasteiger partial charge >= 0.3 is 5.97 Å². The number of carbonyl (C=O) groups is 1. The molecule has 0 saturated heterocycles. The zero-order chi connectivity index (χ0) is 23.8. The average Bonchev–Trinajstić information content (AvgIpc) is 3.44. The zero-order valence-corrected chi connectivity index (χ0v) is 19.3. The molecule has 3 aliphatic heterocycles. The van der Waals surface area contributed by atoms with Crippen molar-refractivity contribution in [3.05, 3.63) is 50.8 Å². The Balaban J connectivity index is 1.63. The van der Waals surface area contributed by atoms with E-state index in [-0.39, 0.29) is 25.4 Å². The number of carbonyl (C=O) groups excluding carboxylic acids is 1. The maximum absolute atomic E-state index is 13.5. The maximum atomic E-state index is 13.5. The largest absolute Gasteiger partial charge is 0.458 e. The van der Waals surface area contributed by atoms with Gasteiger partial charge < -0.3 is 28.8 Å². The predicted molar refractivity (Wildman–Crippen MR) is 123 cm³/mol. The van der Waals surface area contributed by atoms with Crippen LogP contribution in [0.15, 0.2) is 23.0 Å². The highest BCUT2D eigenvalue weighted by Gasteiger charge is 2.45. The third kappa shape index (κ3) is 2.77. The van der Waals surface area contributed by atoms with E-state index in [2.05, 4.69) is 11.8 Å². The van der Waals surface area contributed by atoms with Crippen LogP contribution < -0.4 is 15.0 Å². The van der Waals surface area contributed by atoms with Crippen LogP contribution >= 0.6 is 0 Å². The lowest BCUT2D eigenvalue weighted by molar-refractivity contribution is -0.172. The van der Waals surface area contributed by atoms with Gasteiger partial charge in [0.05, 0.1) is 29.0 Å². The molecule has 34 heavy (non-hydrogen) atoms. The Bertz CT molecular complexity index is 1450. The minimum Gasteiger partial charge on any atom is -0.458 e. The first kappa shape index (κ1) is 21.1. The minimum atomic E-state index is -1.85. The van der Waals surface area contributed by atoms with Gasteiger partial charge in [0, 0.05) is 29.1 Å². The van der Waals surface area contributed by atoms with Gasteiger partial charge in [-0.15, -0.1) is 0 Å². The predicted octanol–water partition coefficient (Wildman–Crippen LogP) is 2.26. The van der Waals surface area contributed by atoms with Crippen molar-refractivity contribution in [3.8, 4) is 22.9 Å². The average molecular weight is 463 g/mol. The van der Waals surface area contributed by atoms with E-state index in [0.717, 1.165) is 28.6 Å². The van der Waals surface area contributed by atoms with Gasteiger partial charge in [-0.25, -0.2) is 9.78 Å². The van der Waals surface area contributed by atoms with Crippen molar-refractivity contribution in [1.29, 1.82) is 0 Å². The summed E-state index contributed by atoms with van der Waals surface area (Å²) in [5.41, 5.74) is 2.57. The van der Waals surface area contributed by atoms with Gasteiger partial charge in [0.15, 0.2) is 17.1 Å². The van der Waals surface area contributed by atoms with Crippen molar-refractivity contribution in [2.45, 2.75) is 45.6 Å². The second-order valence-corrected chi connectivity index (χ2v) is 9.07. The Kier molecular flexibility index (Phi) is 4.53. The highest BCUT2D eigenvalue weighted by Crippen LogP contribution is 2.43. The molecule has 0 aliphatic carbocycles. The summed E-state index contributed by atoms with van der Waals surface area (Å²) in [5, 5.41) is 12.1. The summed E-state index contributed by atoms with van der Waals surface area (Å²) in [5.74, 6) is 0.592. The summed E-state index contributed by atoms with van der Waals surface area (Å²) in [6, 6.07) is 5.57. The van der Waals surface area contributed by atoms with Crippen molar-refractivity contribution in [2.75, 3.05) is 20.4 Å². The Morgan fingerprint density at radius 3 is 2.62 bits per heavy atom. The molecule has 5 heterocycles. The van der Waals surface area contributed by atoms with Crippen LogP contribution in [0.1, 0.15) is 42.5 Å².